The van der Waals surface area contributed by atoms with Crippen LogP contribution in [0.5, 0.6) is 0 Å². The molecule has 4 heteroatoms. The van der Waals surface area contributed by atoms with Crippen LogP contribution in [0.3, 0.4) is 0 Å². The van der Waals surface area contributed by atoms with Crippen molar-refractivity contribution in [2.45, 2.75) is 25.3 Å². The third-order valence-corrected chi connectivity index (χ3v) is 1.64. The van der Waals surface area contributed by atoms with Gasteiger partial charge in [0.2, 0.25) is 0 Å². The lowest BCUT2D eigenvalue weighted by atomic mass is 9.90. The zero-order chi connectivity index (χ0) is 10.5. The summed E-state index contributed by atoms with van der Waals surface area (Å²) in [5.74, 6) is -1.57. The zero-order valence-electron chi connectivity index (χ0n) is 7.41. The van der Waals surface area contributed by atoms with Crippen molar-refractivity contribution in [3.05, 3.63) is 24.1 Å². The summed E-state index contributed by atoms with van der Waals surface area (Å²) in [7, 11) is 0. The molecule has 0 bridgehead atoms. The van der Waals surface area contributed by atoms with Crippen molar-refractivity contribution < 1.29 is 14.7 Å². The molecule has 0 saturated carbocycles. The monoisotopic (exact) mass is 181 g/mol. The fourth-order valence-electron chi connectivity index (χ4n) is 1.02. The first-order chi connectivity index (χ1) is 5.98. The van der Waals surface area contributed by atoms with Crippen LogP contribution in [0.2, 0.25) is 0 Å². The minimum absolute atomic E-state index is 0.00852. The van der Waals surface area contributed by atoms with Crippen LogP contribution < -0.4 is 0 Å². The van der Waals surface area contributed by atoms with Gasteiger partial charge in [-0.15, -0.1) is 6.58 Å². The number of hydrogen-bond acceptors (Lipinski definition) is 2. The Morgan fingerprint density at radius 3 is 2.46 bits per heavy atom. The molecule has 0 heterocycles. The number of carboxylic acids is 1. The summed E-state index contributed by atoms with van der Waals surface area (Å²) in [5, 5.41) is 8.79. The Bertz CT molecular complexity index is 277. The first-order valence-corrected chi connectivity index (χ1v) is 3.71. The van der Waals surface area contributed by atoms with Crippen molar-refractivity contribution in [2.75, 3.05) is 0 Å². The molecule has 0 aliphatic heterocycles. The predicted molar refractivity (Wildman–Crippen MR) is 47.1 cm³/mol. The van der Waals surface area contributed by atoms with E-state index in [1.165, 1.54) is 13.0 Å². The van der Waals surface area contributed by atoms with Crippen LogP contribution in [0.25, 0.3) is 4.85 Å². The molecule has 0 aromatic heterocycles. The van der Waals surface area contributed by atoms with Crippen molar-refractivity contribution in [3.8, 4) is 0 Å². The minimum atomic E-state index is -1.65. The number of aliphatic carboxylic acids is 1. The fraction of sp³-hybridized carbons (Fsp3) is 0.444. The minimum Gasteiger partial charge on any atom is -0.475 e. The van der Waals surface area contributed by atoms with Gasteiger partial charge in [0.15, 0.2) is 0 Å². The highest BCUT2D eigenvalue weighted by atomic mass is 16.4. The van der Waals surface area contributed by atoms with E-state index in [9.17, 15) is 9.59 Å². The Kier molecular flexibility index (Phi) is 3.86. The number of rotatable bonds is 5. The lowest BCUT2D eigenvalue weighted by Gasteiger charge is -2.13. The van der Waals surface area contributed by atoms with Crippen molar-refractivity contribution in [1.29, 1.82) is 0 Å². The summed E-state index contributed by atoms with van der Waals surface area (Å²) in [4.78, 5) is 24.5. The molecule has 70 valence electrons. The number of Topliss-reactive ketones (excluding diaryl/α,β-unsaturated/α-hetero) is 1. The fourth-order valence-corrected chi connectivity index (χ4v) is 1.02. The van der Waals surface area contributed by atoms with E-state index in [1.54, 1.807) is 0 Å². The first kappa shape index (κ1) is 11.4. The largest absolute Gasteiger partial charge is 0.475 e. The number of carbonyl (C=O) groups is 2. The maximum Gasteiger partial charge on any atom is 0.391 e. The molecule has 0 saturated heterocycles. The predicted octanol–water partition coefficient (Wildman–Crippen LogP) is 1.28. The van der Waals surface area contributed by atoms with Gasteiger partial charge in [0, 0.05) is 0 Å². The number of carbonyl (C=O) groups excluding carboxylic acids is 1. The smallest absolute Gasteiger partial charge is 0.391 e. The van der Waals surface area contributed by atoms with Crippen LogP contribution in [0, 0.1) is 6.57 Å². The van der Waals surface area contributed by atoms with Crippen LogP contribution in [-0.2, 0) is 9.59 Å². The number of nitrogens with zero attached hydrogens (tertiary/aromatic N) is 1. The molecular formula is C9H11NO3. The van der Waals surface area contributed by atoms with E-state index in [2.05, 4.69) is 11.4 Å². The second kappa shape index (κ2) is 4.41. The summed E-state index contributed by atoms with van der Waals surface area (Å²) >= 11 is 0. The van der Waals surface area contributed by atoms with Gasteiger partial charge in [-0.25, -0.2) is 11.4 Å². The Morgan fingerprint density at radius 2 is 2.23 bits per heavy atom. The molecule has 0 spiro atoms. The molecule has 0 fully saturated rings. The summed E-state index contributed by atoms with van der Waals surface area (Å²) in [6, 6.07) is 0. The highest BCUT2D eigenvalue weighted by molar-refractivity contribution is 5.89. The molecule has 0 aliphatic carbocycles. The van der Waals surface area contributed by atoms with Crippen LogP contribution in [-0.4, -0.2) is 22.4 Å². The molecule has 1 N–H and O–H groups in total. The molecule has 0 amide bonds. The average molecular weight is 181 g/mol. The lowest BCUT2D eigenvalue weighted by Crippen LogP contribution is -2.36. The molecule has 0 aromatic carbocycles. The van der Waals surface area contributed by atoms with Gasteiger partial charge in [0.1, 0.15) is 5.78 Å². The van der Waals surface area contributed by atoms with Gasteiger partial charge in [-0.05, 0) is 6.92 Å². The van der Waals surface area contributed by atoms with E-state index in [1.807, 2.05) is 0 Å². The summed E-state index contributed by atoms with van der Waals surface area (Å²) < 4.78 is 0. The average Bonchev–Trinajstić information content (AvgIpc) is 2.02. The topological polar surface area (TPSA) is 58.7 Å². The molecule has 0 aromatic rings. The van der Waals surface area contributed by atoms with E-state index in [4.69, 9.17) is 11.7 Å². The van der Waals surface area contributed by atoms with Crippen molar-refractivity contribution in [1.82, 2.24) is 0 Å². The molecule has 4 nitrogen and oxygen atoms in total. The Labute approximate surface area is 76.7 Å². The van der Waals surface area contributed by atoms with Crippen LogP contribution >= 0.6 is 0 Å². The Hall–Kier alpha value is -1.63. The Balaban J connectivity index is 4.88. The molecule has 0 unspecified atom stereocenters. The quantitative estimate of drug-likeness (QED) is 0.513. The molecule has 0 rings (SSSR count). The van der Waals surface area contributed by atoms with Crippen molar-refractivity contribution in [2.24, 2.45) is 0 Å². The highest BCUT2D eigenvalue weighted by Crippen LogP contribution is 2.22. The SMILES string of the molecule is [C-]#[N+][C@](CC=C)(CC(C)=O)C(=O)O. The van der Waals surface area contributed by atoms with Gasteiger partial charge < -0.3 is 5.11 Å². The standard InChI is InChI=1S/C9H11NO3/c1-4-5-9(10-3,8(12)13)6-7(2)11/h4H,1,5-6H2,2H3,(H,12,13)/t9-/m1/s1. The zero-order valence-corrected chi connectivity index (χ0v) is 7.41. The van der Waals surface area contributed by atoms with Crippen molar-refractivity contribution in [3.63, 3.8) is 0 Å². The van der Waals surface area contributed by atoms with Crippen LogP contribution in [0.15, 0.2) is 12.7 Å². The van der Waals surface area contributed by atoms with Crippen LogP contribution in [0.1, 0.15) is 19.8 Å². The van der Waals surface area contributed by atoms with E-state index >= 15 is 0 Å². The van der Waals surface area contributed by atoms with Gasteiger partial charge >= 0.3 is 11.5 Å². The van der Waals surface area contributed by atoms with Gasteiger partial charge in [0.05, 0.1) is 12.8 Å². The van der Waals surface area contributed by atoms with E-state index in [0.29, 0.717) is 0 Å². The van der Waals surface area contributed by atoms with Gasteiger partial charge in [0.25, 0.3) is 0 Å². The van der Waals surface area contributed by atoms with Gasteiger partial charge in [-0.2, -0.15) is 0 Å². The van der Waals surface area contributed by atoms with Crippen LogP contribution in [0.4, 0.5) is 0 Å². The lowest BCUT2D eigenvalue weighted by molar-refractivity contribution is -0.143. The molecule has 0 radical (unpaired) electrons. The first-order valence-electron chi connectivity index (χ1n) is 3.71. The second-order valence-corrected chi connectivity index (χ2v) is 2.82. The summed E-state index contributed by atoms with van der Waals surface area (Å²) in [6.45, 7) is 11.4. The van der Waals surface area contributed by atoms with E-state index in [-0.39, 0.29) is 18.6 Å². The molecule has 1 atom stereocenters. The number of ketones is 1. The third kappa shape index (κ3) is 2.71. The maximum atomic E-state index is 10.8. The number of carboxylic acid groups (broad SMARTS) is 1. The molecular weight excluding hydrogens is 170 g/mol. The third-order valence-electron chi connectivity index (χ3n) is 1.64. The second-order valence-electron chi connectivity index (χ2n) is 2.82. The van der Waals surface area contributed by atoms with Gasteiger partial charge in [-0.1, -0.05) is 6.08 Å². The summed E-state index contributed by atoms with van der Waals surface area (Å²) in [6.07, 6.45) is 1.07. The highest BCUT2D eigenvalue weighted by Gasteiger charge is 2.45. The van der Waals surface area contributed by atoms with E-state index in [0.717, 1.165) is 0 Å². The van der Waals surface area contributed by atoms with E-state index < -0.39 is 11.5 Å². The normalized spacial score (nSPS) is 13.8. The molecule has 13 heavy (non-hydrogen) atoms. The van der Waals surface area contributed by atoms with Gasteiger partial charge in [-0.3, -0.25) is 9.64 Å². The number of hydrogen-bond donors (Lipinski definition) is 1. The van der Waals surface area contributed by atoms with Crippen molar-refractivity contribution >= 4 is 11.8 Å². The Morgan fingerprint density at radius 1 is 1.69 bits per heavy atom. The summed E-state index contributed by atoms with van der Waals surface area (Å²) in [5.41, 5.74) is -1.65. The molecule has 0 aliphatic rings. The maximum absolute atomic E-state index is 10.8.